The minimum atomic E-state index is -0.804. The Morgan fingerprint density at radius 1 is 1.12 bits per heavy atom. The second-order valence-electron chi connectivity index (χ2n) is 5.49. The summed E-state index contributed by atoms with van der Waals surface area (Å²) in [5.74, 6) is -1.35. The summed E-state index contributed by atoms with van der Waals surface area (Å²) >= 11 is 5.21. The molecule has 0 aliphatic heterocycles. The van der Waals surface area contributed by atoms with Crippen molar-refractivity contribution in [1.82, 2.24) is 14.5 Å². The number of anilines is 3. The van der Waals surface area contributed by atoms with Crippen LogP contribution in [-0.2, 0) is 0 Å². The van der Waals surface area contributed by atoms with E-state index >= 15 is 0 Å². The Hall–Kier alpha value is -2.87. The molecule has 3 aromatic rings. The summed E-state index contributed by atoms with van der Waals surface area (Å²) in [5.41, 5.74) is 8.88. The molecule has 0 amide bonds. The fraction of sp³-hybridized carbons (Fsp3) is 0.118. The van der Waals surface area contributed by atoms with Gasteiger partial charge in [-0.05, 0) is 55.4 Å². The van der Waals surface area contributed by atoms with Crippen LogP contribution in [0.2, 0.25) is 0 Å². The maximum atomic E-state index is 14.0. The van der Waals surface area contributed by atoms with Gasteiger partial charge in [-0.2, -0.15) is 9.97 Å². The van der Waals surface area contributed by atoms with E-state index in [0.717, 1.165) is 33.5 Å². The Bertz CT molecular complexity index is 1020. The van der Waals surface area contributed by atoms with Gasteiger partial charge in [0.1, 0.15) is 11.6 Å². The van der Waals surface area contributed by atoms with Crippen molar-refractivity contribution in [3.63, 3.8) is 0 Å². The Kier molecular flexibility index (Phi) is 4.45. The first kappa shape index (κ1) is 17.0. The number of nitrogens with zero attached hydrogens (tertiary/aromatic N) is 3. The summed E-state index contributed by atoms with van der Waals surface area (Å²) in [4.78, 5) is 8.29. The molecular formula is C17H15F2N5S. The van der Waals surface area contributed by atoms with Crippen molar-refractivity contribution in [2.75, 3.05) is 11.1 Å². The molecule has 0 spiro atoms. The SMILES string of the molecule is Cc1cccc(Nc2nc(N)n(-c3ccc(F)cc3F)c(=S)n2)c1C. The Morgan fingerprint density at radius 2 is 1.88 bits per heavy atom. The van der Waals surface area contributed by atoms with E-state index in [1.165, 1.54) is 6.07 Å². The summed E-state index contributed by atoms with van der Waals surface area (Å²) in [7, 11) is 0. The molecule has 128 valence electrons. The fourth-order valence-corrected chi connectivity index (χ4v) is 2.65. The molecule has 8 heteroatoms. The van der Waals surface area contributed by atoms with E-state index in [-0.39, 0.29) is 22.4 Å². The third-order valence-electron chi connectivity index (χ3n) is 3.84. The molecule has 0 aliphatic carbocycles. The van der Waals surface area contributed by atoms with Crippen LogP contribution in [0, 0.1) is 30.3 Å². The molecule has 5 nitrogen and oxygen atoms in total. The number of nitrogen functional groups attached to an aromatic ring is 1. The summed E-state index contributed by atoms with van der Waals surface area (Å²) in [6.45, 7) is 3.96. The molecule has 0 saturated carbocycles. The molecule has 1 heterocycles. The van der Waals surface area contributed by atoms with Crippen LogP contribution < -0.4 is 11.1 Å². The van der Waals surface area contributed by atoms with Gasteiger partial charge < -0.3 is 11.1 Å². The highest BCUT2D eigenvalue weighted by molar-refractivity contribution is 7.71. The van der Waals surface area contributed by atoms with Crippen molar-refractivity contribution in [3.05, 3.63) is 63.9 Å². The number of hydrogen-bond donors (Lipinski definition) is 2. The molecule has 0 fully saturated rings. The van der Waals surface area contributed by atoms with Gasteiger partial charge in [-0.25, -0.2) is 8.78 Å². The van der Waals surface area contributed by atoms with E-state index in [1.807, 2.05) is 32.0 Å². The van der Waals surface area contributed by atoms with Crippen LogP contribution in [0.25, 0.3) is 5.69 Å². The fourth-order valence-electron chi connectivity index (χ4n) is 2.37. The summed E-state index contributed by atoms with van der Waals surface area (Å²) in [6.07, 6.45) is 0. The monoisotopic (exact) mass is 359 g/mol. The van der Waals surface area contributed by atoms with Crippen LogP contribution in [0.4, 0.5) is 26.4 Å². The largest absolute Gasteiger partial charge is 0.369 e. The van der Waals surface area contributed by atoms with Crippen LogP contribution in [0.5, 0.6) is 0 Å². The van der Waals surface area contributed by atoms with E-state index in [1.54, 1.807) is 0 Å². The van der Waals surface area contributed by atoms with E-state index < -0.39 is 11.6 Å². The van der Waals surface area contributed by atoms with Crippen molar-refractivity contribution >= 4 is 29.8 Å². The number of halogens is 2. The van der Waals surface area contributed by atoms with Gasteiger partial charge in [-0.3, -0.25) is 4.57 Å². The topological polar surface area (TPSA) is 68.8 Å². The molecule has 3 N–H and O–H groups in total. The van der Waals surface area contributed by atoms with Gasteiger partial charge >= 0.3 is 0 Å². The molecule has 0 aliphatic rings. The average molecular weight is 359 g/mol. The van der Waals surface area contributed by atoms with E-state index in [2.05, 4.69) is 15.3 Å². The summed E-state index contributed by atoms with van der Waals surface area (Å²) in [5, 5.41) is 3.06. The van der Waals surface area contributed by atoms with Crippen molar-refractivity contribution in [3.8, 4) is 5.69 Å². The standard InChI is InChI=1S/C17H15F2N5S/c1-9-4-3-5-13(10(9)2)21-16-22-15(20)24(17(25)23-16)14-7-6-11(18)8-12(14)19/h3-8H,1-2H3,(H3,20,21,22,23,25). The van der Waals surface area contributed by atoms with Crippen molar-refractivity contribution in [1.29, 1.82) is 0 Å². The molecule has 0 unspecified atom stereocenters. The summed E-state index contributed by atoms with van der Waals surface area (Å²) in [6, 6.07) is 8.87. The highest BCUT2D eigenvalue weighted by Gasteiger charge is 2.13. The van der Waals surface area contributed by atoms with Gasteiger partial charge in [0.15, 0.2) is 0 Å². The second kappa shape index (κ2) is 6.56. The van der Waals surface area contributed by atoms with Crippen LogP contribution in [-0.4, -0.2) is 14.5 Å². The average Bonchev–Trinajstić information content (AvgIpc) is 2.53. The number of nitrogens with one attached hydrogen (secondary N) is 1. The minimum Gasteiger partial charge on any atom is -0.369 e. The van der Waals surface area contributed by atoms with Gasteiger partial charge in [-0.15, -0.1) is 0 Å². The van der Waals surface area contributed by atoms with Gasteiger partial charge in [0.2, 0.25) is 16.7 Å². The molecule has 2 aromatic carbocycles. The van der Waals surface area contributed by atoms with Crippen LogP contribution in [0.3, 0.4) is 0 Å². The molecule has 0 atom stereocenters. The Labute approximate surface area is 148 Å². The third kappa shape index (κ3) is 3.34. The zero-order valence-electron chi connectivity index (χ0n) is 13.5. The van der Waals surface area contributed by atoms with Gasteiger partial charge in [-0.1, -0.05) is 12.1 Å². The highest BCUT2D eigenvalue weighted by Crippen LogP contribution is 2.23. The van der Waals surface area contributed by atoms with Crippen molar-refractivity contribution in [2.24, 2.45) is 0 Å². The first-order valence-electron chi connectivity index (χ1n) is 7.42. The minimum absolute atomic E-state index is 0.00538. The molecular weight excluding hydrogens is 344 g/mol. The van der Waals surface area contributed by atoms with Crippen LogP contribution in [0.1, 0.15) is 11.1 Å². The van der Waals surface area contributed by atoms with Gasteiger partial charge in [0, 0.05) is 11.8 Å². The molecule has 0 radical (unpaired) electrons. The quantitative estimate of drug-likeness (QED) is 0.686. The predicted octanol–water partition coefficient (Wildman–Crippen LogP) is 4.22. The van der Waals surface area contributed by atoms with Gasteiger partial charge in [0.05, 0.1) is 5.69 Å². The highest BCUT2D eigenvalue weighted by atomic mass is 32.1. The number of aromatic nitrogens is 3. The number of benzene rings is 2. The lowest BCUT2D eigenvalue weighted by Crippen LogP contribution is -2.13. The van der Waals surface area contributed by atoms with Gasteiger partial charge in [0.25, 0.3) is 0 Å². The first-order chi connectivity index (χ1) is 11.9. The number of aryl methyl sites for hydroxylation is 1. The molecule has 3 rings (SSSR count). The van der Waals surface area contributed by atoms with Crippen LogP contribution >= 0.6 is 12.2 Å². The Morgan fingerprint density at radius 3 is 2.56 bits per heavy atom. The van der Waals surface area contributed by atoms with Crippen LogP contribution in [0.15, 0.2) is 36.4 Å². The maximum Gasteiger partial charge on any atom is 0.233 e. The zero-order chi connectivity index (χ0) is 18.1. The predicted molar refractivity (Wildman–Crippen MR) is 95.7 cm³/mol. The van der Waals surface area contributed by atoms with E-state index in [0.29, 0.717) is 0 Å². The molecule has 0 bridgehead atoms. The second-order valence-corrected chi connectivity index (χ2v) is 5.86. The zero-order valence-corrected chi connectivity index (χ0v) is 14.4. The lowest BCUT2D eigenvalue weighted by atomic mass is 10.1. The number of nitrogens with two attached hydrogens (primary N) is 1. The lowest BCUT2D eigenvalue weighted by Gasteiger charge is -2.14. The van der Waals surface area contributed by atoms with Crippen molar-refractivity contribution in [2.45, 2.75) is 13.8 Å². The molecule has 25 heavy (non-hydrogen) atoms. The third-order valence-corrected chi connectivity index (χ3v) is 4.12. The smallest absolute Gasteiger partial charge is 0.233 e. The van der Waals surface area contributed by atoms with E-state index in [4.69, 9.17) is 18.0 Å². The lowest BCUT2D eigenvalue weighted by molar-refractivity contribution is 0.576. The molecule has 1 aromatic heterocycles. The van der Waals surface area contributed by atoms with Crippen molar-refractivity contribution < 1.29 is 8.78 Å². The van der Waals surface area contributed by atoms with E-state index in [9.17, 15) is 8.78 Å². The number of hydrogen-bond acceptors (Lipinski definition) is 5. The Balaban J connectivity index is 2.04. The number of rotatable bonds is 3. The first-order valence-corrected chi connectivity index (χ1v) is 7.83. The molecule has 0 saturated heterocycles. The maximum absolute atomic E-state index is 14.0. The normalized spacial score (nSPS) is 10.7. The summed E-state index contributed by atoms with van der Waals surface area (Å²) < 4.78 is 28.3.